The fourth-order valence-electron chi connectivity index (χ4n) is 3.02. The van der Waals surface area contributed by atoms with Crippen LogP contribution in [-0.2, 0) is 22.5 Å². The topological polar surface area (TPSA) is 103 Å². The van der Waals surface area contributed by atoms with Crippen molar-refractivity contribution in [3.05, 3.63) is 41.6 Å². The molecule has 0 aliphatic carbocycles. The van der Waals surface area contributed by atoms with Gasteiger partial charge in [-0.1, -0.05) is 24.3 Å². The lowest BCUT2D eigenvalue weighted by Crippen LogP contribution is -2.29. The molecular formula is C20H27N5O3. The number of hydrogen-bond acceptors (Lipinski definition) is 7. The van der Waals surface area contributed by atoms with Crippen molar-refractivity contribution in [3.63, 3.8) is 0 Å². The Morgan fingerprint density at radius 3 is 2.61 bits per heavy atom. The van der Waals surface area contributed by atoms with E-state index in [9.17, 15) is 4.79 Å². The minimum absolute atomic E-state index is 0.207. The molecule has 8 heteroatoms. The van der Waals surface area contributed by atoms with E-state index in [2.05, 4.69) is 15.3 Å². The number of anilines is 2. The van der Waals surface area contributed by atoms with Gasteiger partial charge in [-0.05, 0) is 24.0 Å². The molecular weight excluding hydrogens is 358 g/mol. The SMILES string of the molecule is COCCOc1ncc(N)c(NCc2ccc(CC(=O)N3CCCC3)cc2)n1. The number of carbonyl (C=O) groups is 1. The maximum atomic E-state index is 12.2. The largest absolute Gasteiger partial charge is 0.461 e. The molecule has 0 saturated carbocycles. The summed E-state index contributed by atoms with van der Waals surface area (Å²) >= 11 is 0. The number of nitrogens with one attached hydrogen (secondary N) is 1. The maximum Gasteiger partial charge on any atom is 0.318 e. The molecule has 1 fully saturated rings. The molecule has 1 aromatic carbocycles. The number of nitrogens with two attached hydrogens (primary N) is 1. The molecule has 8 nitrogen and oxygen atoms in total. The van der Waals surface area contributed by atoms with Crippen molar-refractivity contribution in [2.24, 2.45) is 0 Å². The Kier molecular flexibility index (Phi) is 7.02. The lowest BCUT2D eigenvalue weighted by Gasteiger charge is -2.15. The smallest absolute Gasteiger partial charge is 0.318 e. The second-order valence-electron chi connectivity index (χ2n) is 6.73. The third kappa shape index (κ3) is 5.56. The lowest BCUT2D eigenvalue weighted by molar-refractivity contribution is -0.129. The number of amides is 1. The fraction of sp³-hybridized carbons (Fsp3) is 0.450. The van der Waals surface area contributed by atoms with Gasteiger partial charge in [0, 0.05) is 26.7 Å². The van der Waals surface area contributed by atoms with Gasteiger partial charge >= 0.3 is 6.01 Å². The summed E-state index contributed by atoms with van der Waals surface area (Å²) in [7, 11) is 1.60. The van der Waals surface area contributed by atoms with Crippen LogP contribution in [0.15, 0.2) is 30.5 Å². The highest BCUT2D eigenvalue weighted by Gasteiger charge is 2.17. The van der Waals surface area contributed by atoms with Crippen molar-refractivity contribution >= 4 is 17.4 Å². The Morgan fingerprint density at radius 1 is 1.18 bits per heavy atom. The van der Waals surface area contributed by atoms with E-state index in [4.69, 9.17) is 15.2 Å². The summed E-state index contributed by atoms with van der Waals surface area (Å²) in [6.45, 7) is 3.16. The number of nitrogens with zero attached hydrogens (tertiary/aromatic N) is 3. The quantitative estimate of drug-likeness (QED) is 0.635. The average molecular weight is 385 g/mol. The molecule has 1 saturated heterocycles. The summed E-state index contributed by atoms with van der Waals surface area (Å²) in [4.78, 5) is 22.5. The van der Waals surface area contributed by atoms with Gasteiger partial charge in [0.05, 0.1) is 24.9 Å². The van der Waals surface area contributed by atoms with E-state index in [1.54, 1.807) is 7.11 Å². The predicted molar refractivity (Wildman–Crippen MR) is 107 cm³/mol. The Hall–Kier alpha value is -2.87. The fourth-order valence-corrected chi connectivity index (χ4v) is 3.02. The number of hydrogen-bond donors (Lipinski definition) is 2. The van der Waals surface area contributed by atoms with E-state index in [-0.39, 0.29) is 11.9 Å². The number of rotatable bonds is 9. The monoisotopic (exact) mass is 385 g/mol. The van der Waals surface area contributed by atoms with E-state index in [1.807, 2.05) is 29.2 Å². The molecule has 1 aliphatic rings. The minimum Gasteiger partial charge on any atom is -0.461 e. The van der Waals surface area contributed by atoms with Crippen molar-refractivity contribution in [2.75, 3.05) is 44.5 Å². The second-order valence-corrected chi connectivity index (χ2v) is 6.73. The molecule has 1 aromatic heterocycles. The number of carbonyl (C=O) groups excluding carboxylic acids is 1. The first-order chi connectivity index (χ1) is 13.7. The van der Waals surface area contributed by atoms with E-state index in [0.717, 1.165) is 37.1 Å². The summed E-state index contributed by atoms with van der Waals surface area (Å²) in [5.41, 5.74) is 8.48. The molecule has 3 rings (SSSR count). The molecule has 1 aliphatic heterocycles. The van der Waals surface area contributed by atoms with Crippen molar-refractivity contribution in [3.8, 4) is 6.01 Å². The molecule has 2 aromatic rings. The molecule has 0 spiro atoms. The third-order valence-corrected chi connectivity index (χ3v) is 4.61. The minimum atomic E-state index is 0.207. The highest BCUT2D eigenvalue weighted by atomic mass is 16.5. The van der Waals surface area contributed by atoms with Gasteiger partial charge in [-0.2, -0.15) is 4.98 Å². The summed E-state index contributed by atoms with van der Waals surface area (Å²) in [6, 6.07) is 8.26. The standard InChI is InChI=1S/C20H27N5O3/c1-27-10-11-28-20-23-14-17(21)19(24-20)22-13-16-6-4-15(5-7-16)12-18(26)25-8-2-3-9-25/h4-7,14H,2-3,8-13,21H2,1H3,(H,22,23,24). The molecule has 0 bridgehead atoms. The summed E-state index contributed by atoms with van der Waals surface area (Å²) in [6.07, 6.45) is 4.20. The number of benzene rings is 1. The highest BCUT2D eigenvalue weighted by molar-refractivity contribution is 5.79. The van der Waals surface area contributed by atoms with E-state index >= 15 is 0 Å². The van der Waals surface area contributed by atoms with Gasteiger partial charge in [0.25, 0.3) is 0 Å². The number of nitrogen functional groups attached to an aromatic ring is 1. The van der Waals surface area contributed by atoms with Gasteiger partial charge in [-0.15, -0.1) is 0 Å². The van der Waals surface area contributed by atoms with E-state index in [0.29, 0.717) is 37.7 Å². The zero-order chi connectivity index (χ0) is 19.8. The van der Waals surface area contributed by atoms with E-state index < -0.39 is 0 Å². The first kappa shape index (κ1) is 19.9. The van der Waals surface area contributed by atoms with Crippen molar-refractivity contribution in [1.29, 1.82) is 0 Å². The molecule has 2 heterocycles. The molecule has 0 atom stereocenters. The van der Waals surface area contributed by atoms with Crippen LogP contribution in [0.3, 0.4) is 0 Å². The summed E-state index contributed by atoms with van der Waals surface area (Å²) < 4.78 is 10.4. The number of methoxy groups -OCH3 is 1. The zero-order valence-corrected chi connectivity index (χ0v) is 16.2. The van der Waals surface area contributed by atoms with Crippen LogP contribution in [0.4, 0.5) is 11.5 Å². The van der Waals surface area contributed by atoms with Crippen LogP contribution in [-0.4, -0.2) is 54.2 Å². The van der Waals surface area contributed by atoms with Gasteiger partial charge in [0.2, 0.25) is 5.91 Å². The summed E-state index contributed by atoms with van der Waals surface area (Å²) in [5.74, 6) is 0.730. The van der Waals surface area contributed by atoms with Crippen molar-refractivity contribution < 1.29 is 14.3 Å². The Morgan fingerprint density at radius 2 is 1.89 bits per heavy atom. The molecule has 0 unspecified atom stereocenters. The molecule has 28 heavy (non-hydrogen) atoms. The zero-order valence-electron chi connectivity index (χ0n) is 16.2. The van der Waals surface area contributed by atoms with Crippen LogP contribution in [0, 0.1) is 0 Å². The normalized spacial score (nSPS) is 13.5. The van der Waals surface area contributed by atoms with Gasteiger partial charge in [-0.3, -0.25) is 4.79 Å². The molecule has 150 valence electrons. The highest BCUT2D eigenvalue weighted by Crippen LogP contribution is 2.18. The van der Waals surface area contributed by atoms with Crippen LogP contribution < -0.4 is 15.8 Å². The average Bonchev–Trinajstić information content (AvgIpc) is 3.24. The van der Waals surface area contributed by atoms with Crippen LogP contribution in [0.2, 0.25) is 0 Å². The van der Waals surface area contributed by atoms with Crippen molar-refractivity contribution in [2.45, 2.75) is 25.8 Å². The Labute approximate surface area is 165 Å². The van der Waals surface area contributed by atoms with Crippen LogP contribution in [0.25, 0.3) is 0 Å². The van der Waals surface area contributed by atoms with Gasteiger partial charge < -0.3 is 25.4 Å². The number of likely N-dealkylation sites (tertiary alicyclic amines) is 1. The Balaban J connectivity index is 1.53. The van der Waals surface area contributed by atoms with Crippen LogP contribution >= 0.6 is 0 Å². The maximum absolute atomic E-state index is 12.2. The van der Waals surface area contributed by atoms with Crippen LogP contribution in [0.1, 0.15) is 24.0 Å². The molecule has 1 amide bonds. The number of aromatic nitrogens is 2. The summed E-state index contributed by atoms with van der Waals surface area (Å²) in [5, 5.41) is 3.20. The van der Waals surface area contributed by atoms with Gasteiger partial charge in [-0.25, -0.2) is 4.98 Å². The van der Waals surface area contributed by atoms with Gasteiger partial charge in [0.15, 0.2) is 5.82 Å². The van der Waals surface area contributed by atoms with Crippen LogP contribution in [0.5, 0.6) is 6.01 Å². The third-order valence-electron chi connectivity index (χ3n) is 4.61. The molecule has 3 N–H and O–H groups in total. The lowest BCUT2D eigenvalue weighted by atomic mass is 10.1. The second kappa shape index (κ2) is 9.89. The van der Waals surface area contributed by atoms with Crippen molar-refractivity contribution in [1.82, 2.24) is 14.9 Å². The first-order valence-electron chi connectivity index (χ1n) is 9.49. The van der Waals surface area contributed by atoms with Gasteiger partial charge in [0.1, 0.15) is 6.61 Å². The Bertz CT molecular complexity index is 776. The predicted octanol–water partition coefficient (Wildman–Crippen LogP) is 1.86. The van der Waals surface area contributed by atoms with E-state index in [1.165, 1.54) is 6.20 Å². The number of ether oxygens (including phenoxy) is 2. The molecule has 0 radical (unpaired) electrons. The first-order valence-corrected chi connectivity index (χ1v) is 9.49.